The van der Waals surface area contributed by atoms with E-state index in [1.165, 1.54) is 0 Å². The van der Waals surface area contributed by atoms with E-state index in [0.717, 1.165) is 0 Å². The lowest BCUT2D eigenvalue weighted by Gasteiger charge is -2.43. The van der Waals surface area contributed by atoms with Crippen LogP contribution in [-0.4, -0.2) is 48.9 Å². The van der Waals surface area contributed by atoms with Gasteiger partial charge in [-0.15, -0.1) is 0 Å². The van der Waals surface area contributed by atoms with Crippen molar-refractivity contribution in [3.8, 4) is 0 Å². The van der Waals surface area contributed by atoms with Crippen molar-refractivity contribution in [3.05, 3.63) is 0 Å². The Balaban J connectivity index is 2.39. The summed E-state index contributed by atoms with van der Waals surface area (Å²) in [6.07, 6.45) is 0.673. The number of rotatable bonds is 4. The molecule has 0 bridgehead atoms. The lowest BCUT2D eigenvalue weighted by Crippen LogP contribution is -2.53. The number of hydrogen-bond donors (Lipinski definition) is 0. The monoisotopic (exact) mass is 328 g/mol. The minimum Gasteiger partial charge on any atom is -0.466 e. The van der Waals surface area contributed by atoms with E-state index in [9.17, 15) is 14.4 Å². The van der Waals surface area contributed by atoms with E-state index < -0.39 is 40.9 Å². The summed E-state index contributed by atoms with van der Waals surface area (Å²) in [5.74, 6) is -4.34. The summed E-state index contributed by atoms with van der Waals surface area (Å²) in [5.41, 5.74) is -1.64. The van der Waals surface area contributed by atoms with Crippen LogP contribution in [0.2, 0.25) is 0 Å². The Kier molecular flexibility index (Phi) is 4.98. The van der Waals surface area contributed by atoms with Crippen molar-refractivity contribution in [2.24, 2.45) is 11.8 Å². The van der Waals surface area contributed by atoms with Gasteiger partial charge in [0.2, 0.25) is 0 Å². The van der Waals surface area contributed by atoms with Crippen LogP contribution in [0.1, 0.15) is 40.5 Å². The molecule has 0 radical (unpaired) electrons. The van der Waals surface area contributed by atoms with Crippen molar-refractivity contribution in [2.75, 3.05) is 19.8 Å². The molecule has 2 rings (SSSR count). The summed E-state index contributed by atoms with van der Waals surface area (Å²) in [5, 5.41) is 0. The van der Waals surface area contributed by atoms with E-state index in [1.54, 1.807) is 13.8 Å². The Morgan fingerprint density at radius 3 is 2.35 bits per heavy atom. The lowest BCUT2D eigenvalue weighted by atomic mass is 9.72. The zero-order chi connectivity index (χ0) is 17.3. The van der Waals surface area contributed by atoms with Crippen LogP contribution >= 0.6 is 0 Å². The lowest BCUT2D eigenvalue weighted by molar-refractivity contribution is -0.185. The van der Waals surface area contributed by atoms with Crippen LogP contribution in [0.15, 0.2) is 0 Å². The highest BCUT2D eigenvalue weighted by Crippen LogP contribution is 2.48. The zero-order valence-electron chi connectivity index (χ0n) is 14.0. The Hall–Kier alpha value is -1.63. The van der Waals surface area contributed by atoms with Gasteiger partial charge in [-0.05, 0) is 27.7 Å². The molecule has 0 unspecified atom stereocenters. The van der Waals surface area contributed by atoms with Gasteiger partial charge in [-0.25, -0.2) is 0 Å². The molecule has 2 aliphatic heterocycles. The highest BCUT2D eigenvalue weighted by Gasteiger charge is 2.65. The maximum Gasteiger partial charge on any atom is 0.321 e. The molecule has 1 spiro atoms. The van der Waals surface area contributed by atoms with Crippen LogP contribution in [-0.2, 0) is 33.3 Å². The van der Waals surface area contributed by atoms with Gasteiger partial charge in [0.05, 0.1) is 25.4 Å². The van der Waals surface area contributed by atoms with Crippen LogP contribution in [0.5, 0.6) is 0 Å². The Morgan fingerprint density at radius 1 is 1.17 bits per heavy atom. The summed E-state index contributed by atoms with van der Waals surface area (Å²) in [6.45, 7) is 7.67. The molecule has 0 amide bonds. The van der Waals surface area contributed by atoms with Crippen LogP contribution in [0.3, 0.4) is 0 Å². The van der Waals surface area contributed by atoms with Crippen molar-refractivity contribution >= 4 is 17.9 Å². The molecule has 2 fully saturated rings. The molecule has 0 saturated carbocycles. The first-order valence-corrected chi connectivity index (χ1v) is 7.96. The molecule has 0 aromatic carbocycles. The summed E-state index contributed by atoms with van der Waals surface area (Å²) in [6, 6.07) is 0. The predicted octanol–water partition coefficient (Wildman–Crippen LogP) is 1.23. The van der Waals surface area contributed by atoms with E-state index in [2.05, 4.69) is 0 Å². The van der Waals surface area contributed by atoms with Crippen molar-refractivity contribution in [3.63, 3.8) is 0 Å². The van der Waals surface area contributed by atoms with E-state index in [4.69, 9.17) is 18.9 Å². The fourth-order valence-corrected chi connectivity index (χ4v) is 3.53. The average Bonchev–Trinajstić information content (AvgIpc) is 2.69. The number of hydrogen-bond acceptors (Lipinski definition) is 7. The number of ether oxygens (including phenoxy) is 4. The molecule has 130 valence electrons. The van der Waals surface area contributed by atoms with Crippen molar-refractivity contribution in [1.29, 1.82) is 0 Å². The largest absolute Gasteiger partial charge is 0.466 e. The summed E-state index contributed by atoms with van der Waals surface area (Å²) < 4.78 is 21.3. The molecule has 7 heteroatoms. The fraction of sp³-hybridized carbons (Fsp3) is 0.812. The van der Waals surface area contributed by atoms with Gasteiger partial charge in [0.1, 0.15) is 11.5 Å². The van der Waals surface area contributed by atoms with E-state index in [0.29, 0.717) is 19.4 Å². The van der Waals surface area contributed by atoms with Crippen LogP contribution in [0.25, 0.3) is 0 Å². The zero-order valence-corrected chi connectivity index (χ0v) is 14.0. The molecule has 2 heterocycles. The molecule has 0 aromatic rings. The third kappa shape index (κ3) is 3.34. The molecular formula is C16H24O7. The van der Waals surface area contributed by atoms with E-state index >= 15 is 0 Å². The van der Waals surface area contributed by atoms with Crippen molar-refractivity contribution < 1.29 is 33.3 Å². The fourth-order valence-electron chi connectivity index (χ4n) is 3.53. The SMILES string of the molecule is CCOC(=O)[C@H]1C(=O)O[C@@]2(CCOC(C)(C)C2)[C@@H]1C(=O)OCC. The maximum atomic E-state index is 12.5. The van der Waals surface area contributed by atoms with Gasteiger partial charge in [-0.2, -0.15) is 0 Å². The van der Waals surface area contributed by atoms with Crippen LogP contribution < -0.4 is 0 Å². The minimum absolute atomic E-state index is 0.125. The topological polar surface area (TPSA) is 88.1 Å². The highest BCUT2D eigenvalue weighted by molar-refractivity contribution is 6.02. The predicted molar refractivity (Wildman–Crippen MR) is 78.3 cm³/mol. The van der Waals surface area contributed by atoms with Crippen LogP contribution in [0, 0.1) is 11.8 Å². The first kappa shape index (κ1) is 17.7. The van der Waals surface area contributed by atoms with Gasteiger partial charge in [0.15, 0.2) is 5.92 Å². The molecule has 3 atom stereocenters. The van der Waals surface area contributed by atoms with Crippen LogP contribution in [0.4, 0.5) is 0 Å². The van der Waals surface area contributed by atoms with Crippen molar-refractivity contribution in [1.82, 2.24) is 0 Å². The number of carbonyl (C=O) groups is 3. The number of carbonyl (C=O) groups excluding carboxylic acids is 3. The van der Waals surface area contributed by atoms with Crippen molar-refractivity contribution in [2.45, 2.75) is 51.7 Å². The van der Waals surface area contributed by atoms with Gasteiger partial charge in [-0.3, -0.25) is 14.4 Å². The van der Waals surface area contributed by atoms with Gasteiger partial charge >= 0.3 is 17.9 Å². The van der Waals surface area contributed by atoms with Gasteiger partial charge in [0.25, 0.3) is 0 Å². The molecular weight excluding hydrogens is 304 g/mol. The summed E-state index contributed by atoms with van der Waals surface area (Å²) >= 11 is 0. The van der Waals surface area contributed by atoms with Gasteiger partial charge in [0, 0.05) is 12.8 Å². The summed E-state index contributed by atoms with van der Waals surface area (Å²) in [4.78, 5) is 37.0. The number of esters is 3. The second-order valence-electron chi connectivity index (χ2n) is 6.48. The Bertz CT molecular complexity index is 499. The highest BCUT2D eigenvalue weighted by atomic mass is 16.6. The maximum absolute atomic E-state index is 12.5. The standard InChI is InChI=1S/C16H24O7/c1-5-20-12(17)10-11(14(19)21-6-2)16(23-13(10)18)7-8-22-15(3,4)9-16/h10-11H,5-9H2,1-4H3/t10-,11-,16+/m0/s1. The molecule has 23 heavy (non-hydrogen) atoms. The molecule has 7 nitrogen and oxygen atoms in total. The van der Waals surface area contributed by atoms with E-state index in [-0.39, 0.29) is 13.2 Å². The molecule has 0 aromatic heterocycles. The first-order chi connectivity index (χ1) is 10.8. The van der Waals surface area contributed by atoms with Gasteiger partial charge in [-0.1, -0.05) is 0 Å². The second kappa shape index (κ2) is 6.47. The summed E-state index contributed by atoms with van der Waals surface area (Å²) in [7, 11) is 0. The van der Waals surface area contributed by atoms with Gasteiger partial charge < -0.3 is 18.9 Å². The minimum atomic E-state index is -1.28. The normalized spacial score (nSPS) is 32.4. The molecule has 2 aliphatic rings. The molecule has 0 N–H and O–H groups in total. The molecule has 0 aliphatic carbocycles. The second-order valence-corrected chi connectivity index (χ2v) is 6.48. The first-order valence-electron chi connectivity index (χ1n) is 7.96. The third-order valence-corrected chi connectivity index (χ3v) is 4.28. The van der Waals surface area contributed by atoms with E-state index in [1.807, 2.05) is 13.8 Å². The third-order valence-electron chi connectivity index (χ3n) is 4.28. The smallest absolute Gasteiger partial charge is 0.321 e. The Morgan fingerprint density at radius 2 is 1.78 bits per heavy atom. The molecule has 2 saturated heterocycles. The quantitative estimate of drug-likeness (QED) is 0.436. The average molecular weight is 328 g/mol. The Labute approximate surface area is 135 Å².